The monoisotopic (exact) mass is 445 g/mol. The fourth-order valence-corrected chi connectivity index (χ4v) is 5.00. The van der Waals surface area contributed by atoms with Crippen molar-refractivity contribution in [3.63, 3.8) is 0 Å². The van der Waals surface area contributed by atoms with E-state index in [0.29, 0.717) is 11.5 Å². The first-order valence-electron chi connectivity index (χ1n) is 11.4. The van der Waals surface area contributed by atoms with E-state index in [9.17, 15) is 10.4 Å². The number of nitriles is 1. The van der Waals surface area contributed by atoms with Gasteiger partial charge in [-0.25, -0.2) is 9.97 Å². The van der Waals surface area contributed by atoms with Crippen LogP contribution in [0.1, 0.15) is 42.5 Å². The van der Waals surface area contributed by atoms with Crippen molar-refractivity contribution in [1.29, 1.82) is 5.26 Å². The second-order valence-electron chi connectivity index (χ2n) is 9.53. The van der Waals surface area contributed by atoms with Gasteiger partial charge >= 0.3 is 0 Å². The summed E-state index contributed by atoms with van der Waals surface area (Å²) in [6.45, 7) is 3.84. The molecule has 0 bridgehead atoms. The summed E-state index contributed by atoms with van der Waals surface area (Å²) in [5.74, 6) is 0.387. The zero-order valence-electron chi connectivity index (χ0n) is 19.0. The van der Waals surface area contributed by atoms with Crippen LogP contribution in [0.25, 0.3) is 39.1 Å². The topological polar surface area (TPSA) is 87.1 Å². The van der Waals surface area contributed by atoms with E-state index >= 15 is 0 Å². The van der Waals surface area contributed by atoms with E-state index in [0.717, 1.165) is 57.6 Å². The molecule has 6 rings (SSSR count). The average Bonchev–Trinajstić information content (AvgIpc) is 3.22. The van der Waals surface area contributed by atoms with Crippen LogP contribution < -0.4 is 0 Å². The van der Waals surface area contributed by atoms with Crippen LogP contribution in [0.2, 0.25) is 0 Å². The molecule has 0 spiro atoms. The Morgan fingerprint density at radius 1 is 1.06 bits per heavy atom. The second-order valence-corrected chi connectivity index (χ2v) is 9.53. The highest BCUT2D eigenvalue weighted by molar-refractivity contribution is 5.91. The summed E-state index contributed by atoms with van der Waals surface area (Å²) in [5.41, 5.74) is 7.36. The smallest absolute Gasteiger partial charge is 0.165 e. The van der Waals surface area contributed by atoms with Crippen molar-refractivity contribution in [2.24, 2.45) is 0 Å². The van der Waals surface area contributed by atoms with Crippen LogP contribution in [0, 0.1) is 18.3 Å². The van der Waals surface area contributed by atoms with E-state index in [2.05, 4.69) is 46.5 Å². The molecule has 166 valence electrons. The number of fused-ring (bicyclic) bond motifs is 3. The SMILES string of the molecule is Cc1cc2ncc3cc(-c4cccc(C#N)c4)c(-c4ccc(C5CC(C)(O)C5)cc4)nc3n2n1. The van der Waals surface area contributed by atoms with Crippen molar-refractivity contribution < 1.29 is 5.11 Å². The second kappa shape index (κ2) is 7.47. The molecule has 1 aliphatic carbocycles. The Morgan fingerprint density at radius 2 is 1.85 bits per heavy atom. The first kappa shape index (κ1) is 20.5. The summed E-state index contributed by atoms with van der Waals surface area (Å²) in [7, 11) is 0. The summed E-state index contributed by atoms with van der Waals surface area (Å²) in [4.78, 5) is 9.64. The number of aliphatic hydroxyl groups is 1. The van der Waals surface area contributed by atoms with Crippen molar-refractivity contribution in [2.75, 3.05) is 0 Å². The van der Waals surface area contributed by atoms with E-state index in [1.54, 1.807) is 10.6 Å². The Morgan fingerprint density at radius 3 is 2.59 bits per heavy atom. The number of hydrogen-bond acceptors (Lipinski definition) is 5. The van der Waals surface area contributed by atoms with Gasteiger partial charge < -0.3 is 5.11 Å². The minimum Gasteiger partial charge on any atom is -0.390 e. The number of nitrogens with zero attached hydrogens (tertiary/aromatic N) is 5. The van der Waals surface area contributed by atoms with Crippen LogP contribution in [-0.2, 0) is 0 Å². The van der Waals surface area contributed by atoms with Gasteiger partial charge in [0.25, 0.3) is 0 Å². The maximum atomic E-state index is 10.1. The highest BCUT2D eigenvalue weighted by atomic mass is 16.3. The van der Waals surface area contributed by atoms with Crippen LogP contribution in [0.15, 0.2) is 66.9 Å². The fraction of sp³-hybridized carbons (Fsp3) is 0.214. The van der Waals surface area contributed by atoms with Gasteiger partial charge in [0.2, 0.25) is 0 Å². The van der Waals surface area contributed by atoms with Gasteiger partial charge in [-0.15, -0.1) is 0 Å². The predicted molar refractivity (Wildman–Crippen MR) is 131 cm³/mol. The molecule has 1 fully saturated rings. The first-order valence-corrected chi connectivity index (χ1v) is 11.4. The molecule has 34 heavy (non-hydrogen) atoms. The summed E-state index contributed by atoms with van der Waals surface area (Å²) >= 11 is 0. The lowest BCUT2D eigenvalue weighted by Gasteiger charge is -2.41. The van der Waals surface area contributed by atoms with E-state index in [1.165, 1.54) is 5.56 Å². The van der Waals surface area contributed by atoms with Gasteiger partial charge in [0, 0.05) is 28.8 Å². The molecule has 2 aromatic carbocycles. The minimum absolute atomic E-state index is 0.387. The van der Waals surface area contributed by atoms with E-state index in [4.69, 9.17) is 4.98 Å². The first-order chi connectivity index (χ1) is 16.4. The lowest BCUT2D eigenvalue weighted by Crippen LogP contribution is -2.39. The molecule has 1 saturated carbocycles. The molecule has 0 aliphatic heterocycles. The molecule has 0 atom stereocenters. The van der Waals surface area contributed by atoms with Gasteiger partial charge in [0.15, 0.2) is 11.3 Å². The number of rotatable bonds is 3. The van der Waals surface area contributed by atoms with Gasteiger partial charge in [-0.05, 0) is 61.9 Å². The van der Waals surface area contributed by atoms with Gasteiger partial charge in [-0.1, -0.05) is 36.4 Å². The molecule has 6 nitrogen and oxygen atoms in total. The van der Waals surface area contributed by atoms with Crippen LogP contribution >= 0.6 is 0 Å². The van der Waals surface area contributed by atoms with Crippen molar-refractivity contribution in [3.8, 4) is 28.5 Å². The molecule has 0 amide bonds. The molecule has 3 heterocycles. The number of benzene rings is 2. The summed E-state index contributed by atoms with van der Waals surface area (Å²) in [6, 6.07) is 22.3. The van der Waals surface area contributed by atoms with Crippen LogP contribution in [0.4, 0.5) is 0 Å². The van der Waals surface area contributed by atoms with Crippen LogP contribution in [0.3, 0.4) is 0 Å². The van der Waals surface area contributed by atoms with E-state index < -0.39 is 5.60 Å². The van der Waals surface area contributed by atoms with E-state index in [1.807, 2.05) is 44.3 Å². The average molecular weight is 446 g/mol. The molecule has 0 saturated heterocycles. The molecule has 5 aromatic rings. The molecule has 0 radical (unpaired) electrons. The Hall–Kier alpha value is -4.08. The number of pyridine rings is 1. The van der Waals surface area contributed by atoms with Gasteiger partial charge in [-0.3, -0.25) is 0 Å². The molecular weight excluding hydrogens is 422 g/mol. The highest BCUT2D eigenvalue weighted by Gasteiger charge is 2.38. The zero-order valence-corrected chi connectivity index (χ0v) is 19.0. The van der Waals surface area contributed by atoms with Gasteiger partial charge in [0.05, 0.1) is 28.6 Å². The van der Waals surface area contributed by atoms with Crippen molar-refractivity contribution >= 4 is 16.7 Å². The number of aryl methyl sites for hydroxylation is 1. The third kappa shape index (κ3) is 3.42. The Kier molecular flexibility index (Phi) is 4.51. The number of aromatic nitrogens is 4. The lowest BCUT2D eigenvalue weighted by atomic mass is 9.69. The molecule has 0 unspecified atom stereocenters. The largest absolute Gasteiger partial charge is 0.390 e. The van der Waals surface area contributed by atoms with Crippen LogP contribution in [-0.4, -0.2) is 30.3 Å². The normalized spacial score (nSPS) is 19.8. The molecule has 1 N–H and O–H groups in total. The predicted octanol–water partition coefficient (Wildman–Crippen LogP) is 5.42. The summed E-state index contributed by atoms with van der Waals surface area (Å²) < 4.78 is 1.79. The Balaban J connectivity index is 1.54. The molecule has 1 aliphatic rings. The maximum Gasteiger partial charge on any atom is 0.165 e. The van der Waals surface area contributed by atoms with E-state index in [-0.39, 0.29) is 0 Å². The van der Waals surface area contributed by atoms with Crippen molar-refractivity contribution in [3.05, 3.63) is 83.7 Å². The minimum atomic E-state index is -0.552. The summed E-state index contributed by atoms with van der Waals surface area (Å²) in [5, 5.41) is 25.0. The van der Waals surface area contributed by atoms with Crippen molar-refractivity contribution in [1.82, 2.24) is 19.6 Å². The lowest BCUT2D eigenvalue weighted by molar-refractivity contribution is -0.0313. The Bertz CT molecular complexity index is 1600. The van der Waals surface area contributed by atoms with Gasteiger partial charge in [0.1, 0.15) is 0 Å². The standard InChI is InChI=1S/C28H23N5O/c1-17-10-25-30-16-22-12-24(21-5-3-4-18(11-21)15-29)26(31-27(22)33(25)32-17)20-8-6-19(7-9-20)23-13-28(2,34)14-23/h3-12,16,23,34H,13-14H2,1-2H3. The Labute approximate surface area is 197 Å². The highest BCUT2D eigenvalue weighted by Crippen LogP contribution is 2.44. The fourth-order valence-electron chi connectivity index (χ4n) is 5.00. The van der Waals surface area contributed by atoms with Crippen molar-refractivity contribution in [2.45, 2.75) is 38.2 Å². The molecule has 3 aromatic heterocycles. The quantitative estimate of drug-likeness (QED) is 0.401. The third-order valence-electron chi connectivity index (χ3n) is 6.71. The van der Waals surface area contributed by atoms with Crippen LogP contribution in [0.5, 0.6) is 0 Å². The summed E-state index contributed by atoms with van der Waals surface area (Å²) in [6.07, 6.45) is 3.40. The van der Waals surface area contributed by atoms with Gasteiger partial charge in [-0.2, -0.15) is 14.9 Å². The maximum absolute atomic E-state index is 10.1. The number of hydrogen-bond donors (Lipinski definition) is 1. The third-order valence-corrected chi connectivity index (χ3v) is 6.71. The molecule has 6 heteroatoms. The molecular formula is C28H23N5O. The zero-order chi connectivity index (χ0) is 23.4.